The first-order valence-electron chi connectivity index (χ1n) is 10.9. The fraction of sp³-hybridized carbons (Fsp3) is 0.818. The summed E-state index contributed by atoms with van der Waals surface area (Å²) >= 11 is 0. The summed E-state index contributed by atoms with van der Waals surface area (Å²) in [6.45, 7) is 7.12. The average Bonchev–Trinajstić information content (AvgIpc) is 3.42. The molecule has 1 atom stereocenters. The van der Waals surface area contributed by atoms with Crippen LogP contribution in [-0.4, -0.2) is 71.8 Å². The van der Waals surface area contributed by atoms with Crippen molar-refractivity contribution in [3.8, 4) is 11.8 Å². The number of carbonyl (C=O) groups is 2. The maximum absolute atomic E-state index is 13.0. The van der Waals surface area contributed by atoms with Crippen LogP contribution in [0.4, 0.5) is 0 Å². The molecule has 2 aliphatic heterocycles. The molecule has 5 nitrogen and oxygen atoms in total. The zero-order chi connectivity index (χ0) is 18.9. The van der Waals surface area contributed by atoms with E-state index in [0.717, 1.165) is 64.6 Å². The Morgan fingerprint density at radius 2 is 1.56 bits per heavy atom. The first-order valence-corrected chi connectivity index (χ1v) is 10.9. The van der Waals surface area contributed by atoms with E-state index in [9.17, 15) is 9.59 Å². The third-order valence-electron chi connectivity index (χ3n) is 7.48. The van der Waals surface area contributed by atoms with Crippen LogP contribution in [0.15, 0.2) is 0 Å². The predicted molar refractivity (Wildman–Crippen MR) is 105 cm³/mol. The van der Waals surface area contributed by atoms with Gasteiger partial charge in [-0.3, -0.25) is 14.5 Å². The van der Waals surface area contributed by atoms with Crippen molar-refractivity contribution in [2.45, 2.75) is 64.3 Å². The number of amides is 2. The van der Waals surface area contributed by atoms with Gasteiger partial charge in [-0.2, -0.15) is 0 Å². The maximum Gasteiger partial charge on any atom is 0.298 e. The Labute approximate surface area is 163 Å². The molecule has 0 aromatic heterocycles. The van der Waals surface area contributed by atoms with Crippen LogP contribution in [0.1, 0.15) is 58.3 Å². The monoisotopic (exact) mass is 371 g/mol. The van der Waals surface area contributed by atoms with E-state index in [0.29, 0.717) is 5.91 Å². The van der Waals surface area contributed by atoms with E-state index in [4.69, 9.17) is 0 Å². The van der Waals surface area contributed by atoms with Crippen LogP contribution in [0.5, 0.6) is 0 Å². The van der Waals surface area contributed by atoms with Gasteiger partial charge < -0.3 is 9.80 Å². The van der Waals surface area contributed by atoms with Crippen LogP contribution in [0.3, 0.4) is 0 Å². The number of piperidine rings is 1. The molecule has 2 amide bonds. The fourth-order valence-electron chi connectivity index (χ4n) is 5.56. The van der Waals surface area contributed by atoms with Crippen LogP contribution in [-0.2, 0) is 9.59 Å². The minimum atomic E-state index is -0.0605. The molecule has 2 saturated heterocycles. The second kappa shape index (κ2) is 7.83. The molecule has 148 valence electrons. The first-order chi connectivity index (χ1) is 13.1. The average molecular weight is 372 g/mol. The summed E-state index contributed by atoms with van der Waals surface area (Å²) in [4.78, 5) is 31.6. The minimum Gasteiger partial charge on any atom is -0.340 e. The van der Waals surface area contributed by atoms with Gasteiger partial charge in [-0.05, 0) is 50.4 Å². The lowest BCUT2D eigenvalue weighted by Gasteiger charge is -2.41. The van der Waals surface area contributed by atoms with Gasteiger partial charge in [0.15, 0.2) is 0 Å². The third kappa shape index (κ3) is 3.87. The van der Waals surface area contributed by atoms with E-state index in [2.05, 4.69) is 21.6 Å². The van der Waals surface area contributed by atoms with Crippen LogP contribution >= 0.6 is 0 Å². The van der Waals surface area contributed by atoms with E-state index in [-0.39, 0.29) is 17.2 Å². The molecule has 27 heavy (non-hydrogen) atoms. The summed E-state index contributed by atoms with van der Waals surface area (Å²) < 4.78 is 0. The number of hydrogen-bond acceptors (Lipinski definition) is 3. The Morgan fingerprint density at radius 1 is 0.889 bits per heavy atom. The Balaban J connectivity index is 1.25. The highest BCUT2D eigenvalue weighted by atomic mass is 16.2. The zero-order valence-electron chi connectivity index (χ0n) is 16.7. The molecule has 1 spiro atoms. The third-order valence-corrected chi connectivity index (χ3v) is 7.48. The van der Waals surface area contributed by atoms with Gasteiger partial charge in [0.1, 0.15) is 0 Å². The lowest BCUT2D eigenvalue weighted by molar-refractivity contribution is -0.136. The lowest BCUT2D eigenvalue weighted by Crippen LogP contribution is -2.53. The molecule has 0 N–H and O–H groups in total. The minimum absolute atomic E-state index is 0.0605. The lowest BCUT2D eigenvalue weighted by atomic mass is 9.90. The number of carbonyl (C=O) groups excluding carboxylic acids is 2. The van der Waals surface area contributed by atoms with E-state index in [1.54, 1.807) is 6.92 Å². The molecular weight excluding hydrogens is 338 g/mol. The van der Waals surface area contributed by atoms with E-state index in [1.165, 1.54) is 32.1 Å². The van der Waals surface area contributed by atoms with Crippen molar-refractivity contribution >= 4 is 11.8 Å². The van der Waals surface area contributed by atoms with Gasteiger partial charge in [0, 0.05) is 51.2 Å². The molecule has 0 bridgehead atoms. The van der Waals surface area contributed by atoms with Crippen molar-refractivity contribution in [1.82, 2.24) is 14.7 Å². The van der Waals surface area contributed by atoms with Gasteiger partial charge in [0.05, 0.1) is 0 Å². The normalized spacial score (nSPS) is 28.6. The van der Waals surface area contributed by atoms with Crippen LogP contribution in [0.25, 0.3) is 0 Å². The molecule has 0 aromatic carbocycles. The molecule has 0 aromatic rings. The Kier molecular flexibility index (Phi) is 5.45. The summed E-state index contributed by atoms with van der Waals surface area (Å²) in [5.41, 5.74) is 0.175. The maximum atomic E-state index is 13.0. The van der Waals surface area contributed by atoms with Gasteiger partial charge in [-0.1, -0.05) is 25.2 Å². The molecular formula is C22H33N3O2. The smallest absolute Gasteiger partial charge is 0.298 e. The van der Waals surface area contributed by atoms with Crippen LogP contribution < -0.4 is 0 Å². The van der Waals surface area contributed by atoms with Gasteiger partial charge in [0.25, 0.3) is 5.91 Å². The Morgan fingerprint density at radius 3 is 2.19 bits per heavy atom. The van der Waals surface area contributed by atoms with Crippen LogP contribution in [0, 0.1) is 23.2 Å². The molecule has 4 rings (SSSR count). The summed E-state index contributed by atoms with van der Waals surface area (Å²) in [5, 5.41) is 0. The largest absolute Gasteiger partial charge is 0.340 e. The predicted octanol–water partition coefficient (Wildman–Crippen LogP) is 2.12. The Hall–Kier alpha value is -1.54. The molecule has 4 fully saturated rings. The highest BCUT2D eigenvalue weighted by Crippen LogP contribution is 2.60. The second-order valence-electron chi connectivity index (χ2n) is 8.94. The van der Waals surface area contributed by atoms with Gasteiger partial charge in [-0.25, -0.2) is 0 Å². The van der Waals surface area contributed by atoms with E-state index >= 15 is 0 Å². The molecule has 0 radical (unpaired) electrons. The van der Waals surface area contributed by atoms with Crippen LogP contribution in [0.2, 0.25) is 0 Å². The number of hydrogen-bond donors (Lipinski definition) is 0. The Bertz CT molecular complexity index is 628. The SMILES string of the molecule is CC#CC(=O)N1CCC2(CC1)CC2C(=O)N1CCN(C2CCCCC2)CC1. The topological polar surface area (TPSA) is 43.9 Å². The number of likely N-dealkylation sites (tertiary alicyclic amines) is 1. The zero-order valence-corrected chi connectivity index (χ0v) is 16.7. The first kappa shape index (κ1) is 18.8. The molecule has 2 heterocycles. The summed E-state index contributed by atoms with van der Waals surface area (Å²) in [6.07, 6.45) is 9.78. The summed E-state index contributed by atoms with van der Waals surface area (Å²) in [6, 6.07) is 0.761. The van der Waals surface area contributed by atoms with Crippen molar-refractivity contribution in [3.05, 3.63) is 0 Å². The van der Waals surface area contributed by atoms with Gasteiger partial charge in [-0.15, -0.1) is 0 Å². The highest BCUT2D eigenvalue weighted by Gasteiger charge is 2.59. The summed E-state index contributed by atoms with van der Waals surface area (Å²) in [7, 11) is 0. The molecule has 2 aliphatic carbocycles. The molecule has 2 saturated carbocycles. The quantitative estimate of drug-likeness (QED) is 0.699. The summed E-state index contributed by atoms with van der Waals surface area (Å²) in [5.74, 6) is 5.85. The molecule has 4 aliphatic rings. The van der Waals surface area contributed by atoms with Gasteiger partial charge >= 0.3 is 0 Å². The van der Waals surface area contributed by atoms with Crippen molar-refractivity contribution in [2.75, 3.05) is 39.3 Å². The fourth-order valence-corrected chi connectivity index (χ4v) is 5.56. The van der Waals surface area contributed by atoms with Crippen molar-refractivity contribution in [1.29, 1.82) is 0 Å². The van der Waals surface area contributed by atoms with Crippen molar-refractivity contribution in [2.24, 2.45) is 11.3 Å². The number of rotatable bonds is 2. The van der Waals surface area contributed by atoms with E-state index in [1.807, 2.05) is 4.90 Å². The van der Waals surface area contributed by atoms with Crippen molar-refractivity contribution in [3.63, 3.8) is 0 Å². The number of piperazine rings is 1. The standard InChI is InChI=1S/C22H33N3O2/c1-2-6-20(26)24-11-9-22(10-12-24)17-19(22)21(27)25-15-13-23(14-16-25)18-7-4-3-5-8-18/h18-19H,3-5,7-17H2,1H3. The van der Waals surface area contributed by atoms with Gasteiger partial charge in [0.2, 0.25) is 5.91 Å². The number of nitrogens with zero attached hydrogens (tertiary/aromatic N) is 3. The second-order valence-corrected chi connectivity index (χ2v) is 8.94. The highest BCUT2D eigenvalue weighted by molar-refractivity contribution is 5.93. The van der Waals surface area contributed by atoms with Crippen molar-refractivity contribution < 1.29 is 9.59 Å². The van der Waals surface area contributed by atoms with E-state index < -0.39 is 0 Å². The molecule has 1 unspecified atom stereocenters. The molecule has 5 heteroatoms.